The molecule has 4 rings (SSSR count). The summed E-state index contributed by atoms with van der Waals surface area (Å²) in [5.41, 5.74) is 5.62. The Labute approximate surface area is 167 Å². The first-order valence-electron chi connectivity index (χ1n) is 10.2. The van der Waals surface area contributed by atoms with Crippen molar-refractivity contribution in [2.24, 2.45) is 0 Å². The highest BCUT2D eigenvalue weighted by Crippen LogP contribution is 2.27. The van der Waals surface area contributed by atoms with Gasteiger partial charge in [-0.3, -0.25) is 0 Å². The standard InChI is InChI=1S/C24H28N4/c1-17-10-9-15-21(18(17)2)26-23-16-22(19-11-5-3-6-12-19)27-24(28-23)25-20-13-7-4-8-14-20/h3,5-6,9-12,15-16,20H,4,7-8,13-14H2,1-2H3,(H2,25,26,27,28). The predicted molar refractivity (Wildman–Crippen MR) is 117 cm³/mol. The maximum Gasteiger partial charge on any atom is 0.225 e. The Hall–Kier alpha value is -2.88. The fourth-order valence-electron chi connectivity index (χ4n) is 3.79. The quantitative estimate of drug-likeness (QED) is 0.556. The van der Waals surface area contributed by atoms with Crippen LogP contribution in [0, 0.1) is 13.8 Å². The van der Waals surface area contributed by atoms with E-state index >= 15 is 0 Å². The molecule has 2 N–H and O–H groups in total. The minimum Gasteiger partial charge on any atom is -0.351 e. The third kappa shape index (κ3) is 4.33. The second-order valence-corrected chi connectivity index (χ2v) is 7.68. The average molecular weight is 373 g/mol. The fraction of sp³-hybridized carbons (Fsp3) is 0.333. The smallest absolute Gasteiger partial charge is 0.225 e. The number of benzene rings is 2. The number of hydrogen-bond donors (Lipinski definition) is 2. The summed E-state index contributed by atoms with van der Waals surface area (Å²) in [5, 5.41) is 7.09. The van der Waals surface area contributed by atoms with Gasteiger partial charge < -0.3 is 10.6 Å². The molecule has 0 unspecified atom stereocenters. The Morgan fingerprint density at radius 3 is 2.43 bits per heavy atom. The third-order valence-electron chi connectivity index (χ3n) is 5.60. The molecule has 0 amide bonds. The Balaban J connectivity index is 1.68. The van der Waals surface area contributed by atoms with Crippen molar-refractivity contribution in [3.05, 3.63) is 65.7 Å². The molecular formula is C24H28N4. The van der Waals surface area contributed by atoms with Crippen molar-refractivity contribution < 1.29 is 0 Å². The van der Waals surface area contributed by atoms with Gasteiger partial charge in [0.05, 0.1) is 5.69 Å². The third-order valence-corrected chi connectivity index (χ3v) is 5.60. The maximum atomic E-state index is 4.82. The Kier molecular flexibility index (Phi) is 5.56. The summed E-state index contributed by atoms with van der Waals surface area (Å²) in [6, 6.07) is 19.1. The summed E-state index contributed by atoms with van der Waals surface area (Å²) in [6.07, 6.45) is 6.28. The molecule has 2 aromatic carbocycles. The fourth-order valence-corrected chi connectivity index (χ4v) is 3.79. The lowest BCUT2D eigenvalue weighted by Gasteiger charge is -2.23. The van der Waals surface area contributed by atoms with E-state index in [-0.39, 0.29) is 0 Å². The van der Waals surface area contributed by atoms with E-state index in [1.165, 1.54) is 43.2 Å². The normalized spacial score (nSPS) is 14.6. The van der Waals surface area contributed by atoms with Gasteiger partial charge >= 0.3 is 0 Å². The SMILES string of the molecule is Cc1cccc(Nc2cc(-c3ccccc3)nc(NC3CCCCC3)n2)c1C. The monoisotopic (exact) mass is 372 g/mol. The molecule has 0 spiro atoms. The molecule has 1 heterocycles. The van der Waals surface area contributed by atoms with Gasteiger partial charge in [-0.25, -0.2) is 4.98 Å². The van der Waals surface area contributed by atoms with Crippen LogP contribution in [0.15, 0.2) is 54.6 Å². The molecule has 4 heteroatoms. The van der Waals surface area contributed by atoms with Crippen LogP contribution in [0.4, 0.5) is 17.5 Å². The van der Waals surface area contributed by atoms with Gasteiger partial charge in [0.25, 0.3) is 0 Å². The van der Waals surface area contributed by atoms with Crippen molar-refractivity contribution >= 4 is 17.5 Å². The predicted octanol–water partition coefficient (Wildman–Crippen LogP) is 6.25. The highest BCUT2D eigenvalue weighted by Gasteiger charge is 2.16. The van der Waals surface area contributed by atoms with E-state index in [1.54, 1.807) is 0 Å². The Bertz CT molecular complexity index is 931. The van der Waals surface area contributed by atoms with Crippen LogP contribution in [0.2, 0.25) is 0 Å². The minimum absolute atomic E-state index is 0.466. The Morgan fingerprint density at radius 2 is 1.64 bits per heavy atom. The van der Waals surface area contributed by atoms with E-state index < -0.39 is 0 Å². The van der Waals surface area contributed by atoms with Crippen LogP contribution in [0.5, 0.6) is 0 Å². The lowest BCUT2D eigenvalue weighted by Crippen LogP contribution is -2.23. The number of nitrogens with one attached hydrogen (secondary N) is 2. The lowest BCUT2D eigenvalue weighted by molar-refractivity contribution is 0.461. The maximum absolute atomic E-state index is 4.82. The van der Waals surface area contributed by atoms with E-state index in [0.717, 1.165) is 22.8 Å². The molecule has 1 aromatic heterocycles. The molecule has 4 nitrogen and oxygen atoms in total. The van der Waals surface area contributed by atoms with Crippen molar-refractivity contribution in [2.75, 3.05) is 10.6 Å². The molecule has 0 radical (unpaired) electrons. The van der Waals surface area contributed by atoms with E-state index in [2.05, 4.69) is 54.8 Å². The molecule has 28 heavy (non-hydrogen) atoms. The van der Waals surface area contributed by atoms with Crippen LogP contribution >= 0.6 is 0 Å². The highest BCUT2D eigenvalue weighted by molar-refractivity contribution is 5.69. The summed E-state index contributed by atoms with van der Waals surface area (Å²) >= 11 is 0. The first kappa shape index (κ1) is 18.5. The minimum atomic E-state index is 0.466. The van der Waals surface area contributed by atoms with Gasteiger partial charge in [-0.05, 0) is 43.9 Å². The van der Waals surface area contributed by atoms with Crippen LogP contribution in [0.3, 0.4) is 0 Å². The number of nitrogens with zero attached hydrogens (tertiary/aromatic N) is 2. The number of aromatic nitrogens is 2. The molecule has 144 valence electrons. The van der Waals surface area contributed by atoms with Crippen molar-refractivity contribution in [3.63, 3.8) is 0 Å². The molecule has 1 saturated carbocycles. The molecule has 1 fully saturated rings. The van der Waals surface area contributed by atoms with Gasteiger partial charge in [0.15, 0.2) is 0 Å². The molecular weight excluding hydrogens is 344 g/mol. The zero-order valence-electron chi connectivity index (χ0n) is 16.7. The van der Waals surface area contributed by atoms with Crippen molar-refractivity contribution in [1.82, 2.24) is 9.97 Å². The first-order valence-corrected chi connectivity index (χ1v) is 10.2. The van der Waals surface area contributed by atoms with Crippen molar-refractivity contribution in [2.45, 2.75) is 52.0 Å². The number of anilines is 3. The van der Waals surface area contributed by atoms with Crippen LogP contribution in [-0.4, -0.2) is 16.0 Å². The molecule has 0 atom stereocenters. The van der Waals surface area contributed by atoms with E-state index in [1.807, 2.05) is 24.3 Å². The molecule has 0 saturated heterocycles. The molecule has 0 bridgehead atoms. The highest BCUT2D eigenvalue weighted by atomic mass is 15.2. The first-order chi connectivity index (χ1) is 13.7. The molecule has 1 aliphatic carbocycles. The van der Waals surface area contributed by atoms with Crippen molar-refractivity contribution in [3.8, 4) is 11.3 Å². The van der Waals surface area contributed by atoms with Gasteiger partial charge in [-0.2, -0.15) is 4.98 Å². The van der Waals surface area contributed by atoms with E-state index in [4.69, 9.17) is 9.97 Å². The van der Waals surface area contributed by atoms with E-state index in [9.17, 15) is 0 Å². The van der Waals surface area contributed by atoms with E-state index in [0.29, 0.717) is 12.0 Å². The van der Waals surface area contributed by atoms with Crippen molar-refractivity contribution in [1.29, 1.82) is 0 Å². The topological polar surface area (TPSA) is 49.8 Å². The van der Waals surface area contributed by atoms with Crippen LogP contribution in [-0.2, 0) is 0 Å². The summed E-state index contributed by atoms with van der Waals surface area (Å²) in [7, 11) is 0. The second kappa shape index (κ2) is 8.42. The zero-order valence-corrected chi connectivity index (χ0v) is 16.7. The largest absolute Gasteiger partial charge is 0.351 e. The summed E-state index contributed by atoms with van der Waals surface area (Å²) in [6.45, 7) is 4.27. The number of aryl methyl sites for hydroxylation is 1. The molecule has 0 aliphatic heterocycles. The average Bonchev–Trinajstić information content (AvgIpc) is 2.73. The van der Waals surface area contributed by atoms with Gasteiger partial charge in [-0.1, -0.05) is 61.7 Å². The molecule has 3 aromatic rings. The Morgan fingerprint density at radius 1 is 0.857 bits per heavy atom. The molecule has 1 aliphatic rings. The van der Waals surface area contributed by atoms with Gasteiger partial charge in [0.1, 0.15) is 5.82 Å². The number of rotatable bonds is 5. The van der Waals surface area contributed by atoms with Crippen LogP contribution in [0.25, 0.3) is 11.3 Å². The van der Waals surface area contributed by atoms with Gasteiger partial charge in [0, 0.05) is 23.4 Å². The zero-order chi connectivity index (χ0) is 19.3. The van der Waals surface area contributed by atoms with Crippen LogP contribution < -0.4 is 10.6 Å². The summed E-state index contributed by atoms with van der Waals surface area (Å²) < 4.78 is 0. The summed E-state index contributed by atoms with van der Waals surface area (Å²) in [4.78, 5) is 9.60. The second-order valence-electron chi connectivity index (χ2n) is 7.68. The number of hydrogen-bond acceptors (Lipinski definition) is 4. The van der Waals surface area contributed by atoms with Crippen LogP contribution in [0.1, 0.15) is 43.2 Å². The lowest BCUT2D eigenvalue weighted by atomic mass is 9.96. The van der Waals surface area contributed by atoms with Gasteiger partial charge in [0.2, 0.25) is 5.95 Å². The van der Waals surface area contributed by atoms with Gasteiger partial charge in [-0.15, -0.1) is 0 Å². The summed E-state index contributed by atoms with van der Waals surface area (Å²) in [5.74, 6) is 1.53.